The predicted octanol–water partition coefficient (Wildman–Crippen LogP) is 1.59. The van der Waals surface area contributed by atoms with Crippen LogP contribution in [0, 0.1) is 5.92 Å². The van der Waals surface area contributed by atoms with E-state index in [2.05, 4.69) is 19.2 Å². The molecule has 16 heavy (non-hydrogen) atoms. The second-order valence-electron chi connectivity index (χ2n) is 5.23. The summed E-state index contributed by atoms with van der Waals surface area (Å²) >= 11 is 0. The van der Waals surface area contributed by atoms with E-state index in [9.17, 15) is 4.79 Å². The number of ether oxygens (including phenoxy) is 2. The molecular formula is C12H25NO3. The number of esters is 1. The topological polar surface area (TPSA) is 47.6 Å². The molecule has 0 atom stereocenters. The van der Waals surface area contributed by atoms with Crippen LogP contribution in [0.3, 0.4) is 0 Å². The highest BCUT2D eigenvalue weighted by Gasteiger charge is 2.15. The van der Waals surface area contributed by atoms with Gasteiger partial charge in [-0.15, -0.1) is 0 Å². The van der Waals surface area contributed by atoms with Crippen molar-refractivity contribution in [3.63, 3.8) is 0 Å². The Hall–Kier alpha value is -0.610. The van der Waals surface area contributed by atoms with Crippen molar-refractivity contribution >= 4 is 5.97 Å². The second-order valence-corrected chi connectivity index (χ2v) is 5.23. The molecule has 0 unspecified atom stereocenters. The minimum Gasteiger partial charge on any atom is -0.459 e. The second kappa shape index (κ2) is 7.63. The van der Waals surface area contributed by atoms with Crippen molar-refractivity contribution in [1.82, 2.24) is 5.32 Å². The largest absolute Gasteiger partial charge is 0.459 e. The third-order valence-electron chi connectivity index (χ3n) is 1.56. The minimum absolute atomic E-state index is 0.226. The lowest BCUT2D eigenvalue weighted by Crippen LogP contribution is -2.33. The van der Waals surface area contributed by atoms with E-state index in [4.69, 9.17) is 9.47 Å². The smallest absolute Gasteiger partial charge is 0.320 e. The predicted molar refractivity (Wildman–Crippen MR) is 64.4 cm³/mol. The lowest BCUT2D eigenvalue weighted by molar-refractivity contribution is -0.153. The molecule has 96 valence electrons. The highest BCUT2D eigenvalue weighted by molar-refractivity contribution is 5.72. The van der Waals surface area contributed by atoms with Crippen molar-refractivity contribution in [2.75, 3.05) is 26.3 Å². The number of hydrogen-bond acceptors (Lipinski definition) is 4. The molecule has 0 aromatic heterocycles. The maximum absolute atomic E-state index is 11.3. The Morgan fingerprint density at radius 3 is 2.44 bits per heavy atom. The van der Waals surface area contributed by atoms with Gasteiger partial charge in [0.05, 0.1) is 13.2 Å². The number of carbonyl (C=O) groups is 1. The van der Waals surface area contributed by atoms with Crippen molar-refractivity contribution < 1.29 is 14.3 Å². The van der Waals surface area contributed by atoms with Gasteiger partial charge in [0.1, 0.15) is 5.60 Å². The third kappa shape index (κ3) is 11.5. The summed E-state index contributed by atoms with van der Waals surface area (Å²) in [7, 11) is 0. The summed E-state index contributed by atoms with van der Waals surface area (Å²) in [5, 5.41) is 2.98. The lowest BCUT2D eigenvalue weighted by Gasteiger charge is -2.19. The van der Waals surface area contributed by atoms with E-state index in [1.54, 1.807) is 0 Å². The SMILES string of the molecule is CC(C)COCCNCC(=O)OC(C)(C)C. The molecule has 1 N–H and O–H groups in total. The van der Waals surface area contributed by atoms with E-state index in [-0.39, 0.29) is 12.5 Å². The number of carbonyl (C=O) groups excluding carboxylic acids is 1. The summed E-state index contributed by atoms with van der Waals surface area (Å²) < 4.78 is 10.5. The fourth-order valence-corrected chi connectivity index (χ4v) is 1.03. The van der Waals surface area contributed by atoms with Crippen LogP contribution in [0.25, 0.3) is 0 Å². The van der Waals surface area contributed by atoms with E-state index in [1.165, 1.54) is 0 Å². The summed E-state index contributed by atoms with van der Waals surface area (Å²) in [6.45, 7) is 12.1. The lowest BCUT2D eigenvalue weighted by atomic mass is 10.2. The first-order chi connectivity index (χ1) is 7.31. The van der Waals surface area contributed by atoms with Gasteiger partial charge in [0.2, 0.25) is 0 Å². The summed E-state index contributed by atoms with van der Waals surface area (Å²) in [6, 6.07) is 0. The monoisotopic (exact) mass is 231 g/mol. The third-order valence-corrected chi connectivity index (χ3v) is 1.56. The Kier molecular flexibility index (Phi) is 7.34. The average molecular weight is 231 g/mol. The molecule has 0 fully saturated rings. The molecule has 0 saturated heterocycles. The normalized spacial score (nSPS) is 11.9. The fourth-order valence-electron chi connectivity index (χ4n) is 1.03. The minimum atomic E-state index is -0.410. The quantitative estimate of drug-likeness (QED) is 0.534. The molecule has 0 aliphatic heterocycles. The fraction of sp³-hybridized carbons (Fsp3) is 0.917. The zero-order chi connectivity index (χ0) is 12.6. The molecule has 0 rings (SSSR count). The van der Waals surface area contributed by atoms with Gasteiger partial charge >= 0.3 is 5.97 Å². The summed E-state index contributed by atoms with van der Waals surface area (Å²) in [5.41, 5.74) is -0.410. The first kappa shape index (κ1) is 15.4. The van der Waals surface area contributed by atoms with Crippen LogP contribution in [-0.2, 0) is 14.3 Å². The summed E-state index contributed by atoms with van der Waals surface area (Å²) in [4.78, 5) is 11.3. The van der Waals surface area contributed by atoms with Gasteiger partial charge in [0, 0.05) is 13.2 Å². The Bertz CT molecular complexity index is 197. The van der Waals surface area contributed by atoms with Gasteiger partial charge in [-0.1, -0.05) is 13.8 Å². The standard InChI is InChI=1S/C12H25NO3/c1-10(2)9-15-7-6-13-8-11(14)16-12(3,4)5/h10,13H,6-9H2,1-5H3. The number of hydrogen-bond donors (Lipinski definition) is 1. The average Bonchev–Trinajstić information content (AvgIpc) is 2.07. The van der Waals surface area contributed by atoms with Crippen molar-refractivity contribution in [2.45, 2.75) is 40.2 Å². The molecule has 0 saturated carbocycles. The van der Waals surface area contributed by atoms with Gasteiger partial charge in [-0.2, -0.15) is 0 Å². The zero-order valence-corrected chi connectivity index (χ0v) is 11.1. The van der Waals surface area contributed by atoms with Crippen LogP contribution in [0.4, 0.5) is 0 Å². The molecule has 0 aliphatic rings. The molecule has 0 radical (unpaired) electrons. The van der Waals surface area contributed by atoms with Crippen molar-refractivity contribution in [1.29, 1.82) is 0 Å². The van der Waals surface area contributed by atoms with E-state index in [0.717, 1.165) is 6.61 Å². The highest BCUT2D eigenvalue weighted by Crippen LogP contribution is 2.05. The first-order valence-corrected chi connectivity index (χ1v) is 5.81. The molecule has 0 heterocycles. The van der Waals surface area contributed by atoms with Gasteiger partial charge < -0.3 is 14.8 Å². The van der Waals surface area contributed by atoms with Gasteiger partial charge in [-0.25, -0.2) is 0 Å². The van der Waals surface area contributed by atoms with Gasteiger partial charge in [-0.05, 0) is 26.7 Å². The Labute approximate surface area is 98.7 Å². The molecule has 0 bridgehead atoms. The van der Waals surface area contributed by atoms with Crippen LogP contribution in [-0.4, -0.2) is 37.9 Å². The van der Waals surface area contributed by atoms with Crippen LogP contribution in [0.5, 0.6) is 0 Å². The van der Waals surface area contributed by atoms with Crippen molar-refractivity contribution in [3.05, 3.63) is 0 Å². The van der Waals surface area contributed by atoms with Crippen LogP contribution in [0.2, 0.25) is 0 Å². The maximum Gasteiger partial charge on any atom is 0.320 e. The first-order valence-electron chi connectivity index (χ1n) is 5.81. The molecule has 0 aromatic rings. The van der Waals surface area contributed by atoms with Crippen LogP contribution < -0.4 is 5.32 Å². The van der Waals surface area contributed by atoms with Crippen LogP contribution >= 0.6 is 0 Å². The Balaban J connectivity index is 3.35. The zero-order valence-electron chi connectivity index (χ0n) is 11.1. The molecule has 0 spiro atoms. The summed E-state index contributed by atoms with van der Waals surface area (Å²) in [5.74, 6) is 0.321. The van der Waals surface area contributed by atoms with Crippen molar-refractivity contribution in [2.24, 2.45) is 5.92 Å². The molecular weight excluding hydrogens is 206 g/mol. The van der Waals surface area contributed by atoms with E-state index >= 15 is 0 Å². The molecule has 0 aromatic carbocycles. The number of rotatable bonds is 7. The number of nitrogens with one attached hydrogen (secondary N) is 1. The van der Waals surface area contributed by atoms with E-state index < -0.39 is 5.60 Å². The van der Waals surface area contributed by atoms with Gasteiger partial charge in [0.25, 0.3) is 0 Å². The highest BCUT2D eigenvalue weighted by atomic mass is 16.6. The van der Waals surface area contributed by atoms with E-state index in [0.29, 0.717) is 19.1 Å². The molecule has 0 aliphatic carbocycles. The van der Waals surface area contributed by atoms with E-state index in [1.807, 2.05) is 20.8 Å². The molecule has 0 amide bonds. The van der Waals surface area contributed by atoms with Crippen LogP contribution in [0.1, 0.15) is 34.6 Å². The Morgan fingerprint density at radius 1 is 1.31 bits per heavy atom. The van der Waals surface area contributed by atoms with Crippen LogP contribution in [0.15, 0.2) is 0 Å². The Morgan fingerprint density at radius 2 is 1.94 bits per heavy atom. The van der Waals surface area contributed by atoms with Gasteiger partial charge in [0.15, 0.2) is 0 Å². The molecule has 4 nitrogen and oxygen atoms in total. The molecule has 4 heteroatoms. The summed E-state index contributed by atoms with van der Waals surface area (Å²) in [6.07, 6.45) is 0. The maximum atomic E-state index is 11.3. The van der Waals surface area contributed by atoms with Crippen molar-refractivity contribution in [3.8, 4) is 0 Å². The van der Waals surface area contributed by atoms with Gasteiger partial charge in [-0.3, -0.25) is 4.79 Å².